The van der Waals surface area contributed by atoms with E-state index in [1.165, 1.54) is 22.3 Å². The van der Waals surface area contributed by atoms with E-state index in [1.54, 1.807) is 0 Å². The number of nitrogens with one attached hydrogen (secondary N) is 1. The third-order valence-electron chi connectivity index (χ3n) is 3.74. The SMILES string of the molecule is Cc1cc(C)c(CC(NN)c2cc(Cl)cc(Br)c2)c(C)c1. The monoisotopic (exact) mass is 366 g/mol. The Kier molecular flexibility index (Phi) is 5.44. The van der Waals surface area contributed by atoms with Gasteiger partial charge in [0, 0.05) is 9.50 Å². The molecule has 0 saturated carbocycles. The number of hydrogen-bond acceptors (Lipinski definition) is 2. The summed E-state index contributed by atoms with van der Waals surface area (Å²) in [5.74, 6) is 5.77. The second-order valence-corrected chi connectivity index (χ2v) is 6.86. The number of hydrazine groups is 1. The Morgan fingerprint density at radius 1 is 1.10 bits per heavy atom. The van der Waals surface area contributed by atoms with Crippen molar-refractivity contribution in [2.75, 3.05) is 0 Å². The van der Waals surface area contributed by atoms with Crippen LogP contribution < -0.4 is 11.3 Å². The smallest absolute Gasteiger partial charge is 0.0501 e. The van der Waals surface area contributed by atoms with Gasteiger partial charge in [-0.05, 0) is 67.6 Å². The third kappa shape index (κ3) is 4.07. The number of nitrogens with two attached hydrogens (primary N) is 1. The molecule has 21 heavy (non-hydrogen) atoms. The average molecular weight is 368 g/mol. The van der Waals surface area contributed by atoms with Crippen molar-refractivity contribution in [1.29, 1.82) is 0 Å². The second kappa shape index (κ2) is 6.93. The molecule has 0 aliphatic rings. The van der Waals surface area contributed by atoms with Crippen molar-refractivity contribution in [2.45, 2.75) is 33.2 Å². The molecular weight excluding hydrogens is 348 g/mol. The lowest BCUT2D eigenvalue weighted by molar-refractivity contribution is 0.549. The fraction of sp³-hybridized carbons (Fsp3) is 0.294. The summed E-state index contributed by atoms with van der Waals surface area (Å²) in [6, 6.07) is 10.3. The van der Waals surface area contributed by atoms with Crippen LogP contribution in [0.1, 0.15) is 33.9 Å². The molecule has 4 heteroatoms. The number of rotatable bonds is 4. The Morgan fingerprint density at radius 3 is 2.24 bits per heavy atom. The maximum Gasteiger partial charge on any atom is 0.0501 e. The zero-order valence-electron chi connectivity index (χ0n) is 12.5. The molecule has 0 aliphatic heterocycles. The van der Waals surface area contributed by atoms with Crippen molar-refractivity contribution in [3.8, 4) is 0 Å². The van der Waals surface area contributed by atoms with Gasteiger partial charge in [0.15, 0.2) is 0 Å². The zero-order chi connectivity index (χ0) is 15.6. The van der Waals surface area contributed by atoms with E-state index in [0.717, 1.165) is 16.5 Å². The minimum atomic E-state index is 0.0279. The van der Waals surface area contributed by atoms with Crippen LogP contribution in [0.4, 0.5) is 0 Å². The highest BCUT2D eigenvalue weighted by Gasteiger charge is 2.15. The molecule has 0 heterocycles. The Balaban J connectivity index is 2.35. The molecule has 0 aromatic heterocycles. The van der Waals surface area contributed by atoms with Crippen LogP contribution >= 0.6 is 27.5 Å². The molecule has 0 bridgehead atoms. The Labute approximate surface area is 139 Å². The molecule has 3 N–H and O–H groups in total. The quantitative estimate of drug-likeness (QED) is 0.603. The zero-order valence-corrected chi connectivity index (χ0v) is 14.8. The molecule has 2 aromatic carbocycles. The molecule has 112 valence electrons. The van der Waals surface area contributed by atoms with Crippen LogP contribution in [0.2, 0.25) is 5.02 Å². The lowest BCUT2D eigenvalue weighted by Gasteiger charge is -2.20. The number of hydrogen-bond donors (Lipinski definition) is 2. The van der Waals surface area contributed by atoms with Gasteiger partial charge in [-0.3, -0.25) is 11.3 Å². The molecular formula is C17H20BrClN2. The van der Waals surface area contributed by atoms with E-state index in [0.29, 0.717) is 5.02 Å². The summed E-state index contributed by atoms with van der Waals surface area (Å²) in [4.78, 5) is 0. The molecule has 0 fully saturated rings. The highest BCUT2D eigenvalue weighted by molar-refractivity contribution is 9.10. The van der Waals surface area contributed by atoms with Gasteiger partial charge in [0.25, 0.3) is 0 Å². The summed E-state index contributed by atoms with van der Waals surface area (Å²) in [6.45, 7) is 6.42. The van der Waals surface area contributed by atoms with Crippen LogP contribution in [0.25, 0.3) is 0 Å². The normalized spacial score (nSPS) is 12.5. The van der Waals surface area contributed by atoms with Gasteiger partial charge in [-0.15, -0.1) is 0 Å². The fourth-order valence-corrected chi connectivity index (χ4v) is 3.67. The van der Waals surface area contributed by atoms with Crippen LogP contribution in [0.15, 0.2) is 34.8 Å². The fourth-order valence-electron chi connectivity index (χ4n) is 2.79. The summed E-state index contributed by atoms with van der Waals surface area (Å²) >= 11 is 9.62. The first-order valence-corrected chi connectivity index (χ1v) is 8.06. The minimum Gasteiger partial charge on any atom is -0.271 e. The average Bonchev–Trinajstić information content (AvgIpc) is 2.36. The Bertz CT molecular complexity index is 612. The summed E-state index contributed by atoms with van der Waals surface area (Å²) in [5.41, 5.74) is 9.21. The maximum absolute atomic E-state index is 6.14. The molecule has 0 saturated heterocycles. The van der Waals surface area contributed by atoms with E-state index in [1.807, 2.05) is 12.1 Å². The standard InChI is InChI=1S/C17H20BrClN2/c1-10-4-11(2)16(12(3)5-10)9-17(21-20)13-6-14(18)8-15(19)7-13/h4-8,17,21H,9,20H2,1-3H3. The minimum absolute atomic E-state index is 0.0279. The van der Waals surface area contributed by atoms with E-state index in [2.05, 4.69) is 60.3 Å². The summed E-state index contributed by atoms with van der Waals surface area (Å²) in [7, 11) is 0. The second-order valence-electron chi connectivity index (χ2n) is 5.50. The van der Waals surface area contributed by atoms with Crippen LogP contribution in [-0.2, 0) is 6.42 Å². The first kappa shape index (κ1) is 16.5. The number of halogens is 2. The van der Waals surface area contributed by atoms with E-state index < -0.39 is 0 Å². The lowest BCUT2D eigenvalue weighted by Crippen LogP contribution is -2.30. The van der Waals surface area contributed by atoms with Crippen molar-refractivity contribution >= 4 is 27.5 Å². The molecule has 0 spiro atoms. The predicted molar refractivity (Wildman–Crippen MR) is 93.6 cm³/mol. The predicted octanol–water partition coefficient (Wildman–Crippen LogP) is 4.77. The van der Waals surface area contributed by atoms with Crippen LogP contribution in [-0.4, -0.2) is 0 Å². The van der Waals surface area contributed by atoms with Gasteiger partial charge in [0.2, 0.25) is 0 Å². The first-order chi connectivity index (χ1) is 9.90. The van der Waals surface area contributed by atoms with Gasteiger partial charge in [-0.1, -0.05) is 45.2 Å². The molecule has 0 amide bonds. The van der Waals surface area contributed by atoms with Crippen molar-refractivity contribution in [2.24, 2.45) is 5.84 Å². The van der Waals surface area contributed by atoms with E-state index in [4.69, 9.17) is 17.4 Å². The van der Waals surface area contributed by atoms with Crippen molar-refractivity contribution in [1.82, 2.24) is 5.43 Å². The van der Waals surface area contributed by atoms with E-state index >= 15 is 0 Å². The Morgan fingerprint density at radius 2 is 1.71 bits per heavy atom. The Hall–Kier alpha value is -0.870. The van der Waals surface area contributed by atoms with Gasteiger partial charge in [-0.25, -0.2) is 0 Å². The molecule has 0 aliphatic carbocycles. The van der Waals surface area contributed by atoms with Crippen LogP contribution in [0.3, 0.4) is 0 Å². The van der Waals surface area contributed by atoms with Gasteiger partial charge >= 0.3 is 0 Å². The van der Waals surface area contributed by atoms with Crippen molar-refractivity contribution in [3.05, 3.63) is 67.6 Å². The molecule has 2 aromatic rings. The highest BCUT2D eigenvalue weighted by Crippen LogP contribution is 2.28. The summed E-state index contributed by atoms with van der Waals surface area (Å²) in [5, 5.41) is 0.706. The van der Waals surface area contributed by atoms with E-state index in [9.17, 15) is 0 Å². The topological polar surface area (TPSA) is 38.0 Å². The maximum atomic E-state index is 6.14. The number of aryl methyl sites for hydroxylation is 3. The number of benzene rings is 2. The third-order valence-corrected chi connectivity index (χ3v) is 4.41. The van der Waals surface area contributed by atoms with E-state index in [-0.39, 0.29) is 6.04 Å². The highest BCUT2D eigenvalue weighted by atomic mass is 79.9. The van der Waals surface area contributed by atoms with Gasteiger partial charge in [0.1, 0.15) is 0 Å². The lowest BCUT2D eigenvalue weighted by atomic mass is 9.92. The van der Waals surface area contributed by atoms with Crippen molar-refractivity contribution < 1.29 is 0 Å². The molecule has 1 unspecified atom stereocenters. The van der Waals surface area contributed by atoms with Gasteiger partial charge in [-0.2, -0.15) is 0 Å². The molecule has 0 radical (unpaired) electrons. The first-order valence-electron chi connectivity index (χ1n) is 6.89. The molecule has 2 rings (SSSR count). The summed E-state index contributed by atoms with van der Waals surface area (Å²) in [6.07, 6.45) is 0.835. The largest absolute Gasteiger partial charge is 0.271 e. The summed E-state index contributed by atoms with van der Waals surface area (Å²) < 4.78 is 0.961. The molecule has 2 nitrogen and oxygen atoms in total. The van der Waals surface area contributed by atoms with Crippen LogP contribution in [0, 0.1) is 20.8 Å². The molecule has 1 atom stereocenters. The van der Waals surface area contributed by atoms with Gasteiger partial charge in [0.05, 0.1) is 6.04 Å². The van der Waals surface area contributed by atoms with Crippen molar-refractivity contribution in [3.63, 3.8) is 0 Å². The van der Waals surface area contributed by atoms with Gasteiger partial charge < -0.3 is 0 Å². The van der Waals surface area contributed by atoms with Crippen LogP contribution in [0.5, 0.6) is 0 Å².